The lowest BCUT2D eigenvalue weighted by Crippen LogP contribution is -2.20. The van der Waals surface area contributed by atoms with Crippen LogP contribution in [-0.4, -0.2) is 39.5 Å². The summed E-state index contributed by atoms with van der Waals surface area (Å²) >= 11 is 1.71. The van der Waals surface area contributed by atoms with Crippen LogP contribution in [0.3, 0.4) is 0 Å². The van der Waals surface area contributed by atoms with Crippen molar-refractivity contribution in [3.05, 3.63) is 46.2 Å². The number of unbranched alkanes of at least 4 members (excludes halogenated alkanes) is 1. The number of carbonyl (C=O) groups is 1. The number of primary amides is 1. The molecule has 6 heteroatoms. The Labute approximate surface area is 171 Å². The average molecular weight is 408 g/mol. The molecule has 0 aliphatic heterocycles. The lowest BCUT2D eigenvalue weighted by molar-refractivity contribution is -0.118. The highest BCUT2D eigenvalue weighted by molar-refractivity contribution is 7.10. The molecule has 5 nitrogen and oxygen atoms in total. The van der Waals surface area contributed by atoms with Crippen LogP contribution < -0.4 is 5.73 Å². The maximum atomic E-state index is 10.7. The van der Waals surface area contributed by atoms with Gasteiger partial charge in [0.05, 0.1) is 18.3 Å². The van der Waals surface area contributed by atoms with Crippen molar-refractivity contribution in [2.45, 2.75) is 70.2 Å². The second kappa shape index (κ2) is 11.5. The number of aliphatic hydroxyl groups is 3. The van der Waals surface area contributed by atoms with Crippen molar-refractivity contribution in [2.24, 2.45) is 17.6 Å². The maximum Gasteiger partial charge on any atom is 0.217 e. The zero-order chi connectivity index (χ0) is 20.5. The maximum absolute atomic E-state index is 10.7. The Morgan fingerprint density at radius 2 is 2.14 bits per heavy atom. The number of nitrogens with two attached hydrogens (primary N) is 1. The summed E-state index contributed by atoms with van der Waals surface area (Å²) in [5.41, 5.74) is 6.36. The standard InChI is InChI=1S/C22H33NO4S/c1-15-12-16(14-28-15)8-9-17(24)10-11-19-18(20(25)13-21(19)26)6-4-2-3-5-7-22(23)27/h2,4,10-12,14,17-21,24-26H,3,5-9,13H2,1H3,(H2,23,27)/b4-2-,11-10+/t17?,18-,19?,20?,21?/m1/s1. The number of hydrogen-bond donors (Lipinski definition) is 4. The molecule has 156 valence electrons. The second-order valence-corrected chi connectivity index (χ2v) is 8.85. The zero-order valence-corrected chi connectivity index (χ0v) is 17.4. The van der Waals surface area contributed by atoms with Crippen LogP contribution in [0.15, 0.2) is 35.8 Å². The van der Waals surface area contributed by atoms with Crippen molar-refractivity contribution in [1.82, 2.24) is 0 Å². The topological polar surface area (TPSA) is 104 Å². The van der Waals surface area contributed by atoms with Gasteiger partial charge in [0.15, 0.2) is 0 Å². The molecule has 1 aliphatic carbocycles. The molecule has 1 aromatic heterocycles. The molecule has 0 saturated heterocycles. The average Bonchev–Trinajstić information content (AvgIpc) is 3.16. The summed E-state index contributed by atoms with van der Waals surface area (Å²) in [5.74, 6) is -0.519. The summed E-state index contributed by atoms with van der Waals surface area (Å²) in [6.07, 6.45) is 10.3. The minimum atomic E-state index is -0.591. The largest absolute Gasteiger partial charge is 0.393 e. The molecule has 0 aromatic carbocycles. The first kappa shape index (κ1) is 22.8. The van der Waals surface area contributed by atoms with Crippen LogP contribution in [0.25, 0.3) is 0 Å². The minimum Gasteiger partial charge on any atom is -0.393 e. The van der Waals surface area contributed by atoms with Crippen LogP contribution in [-0.2, 0) is 11.2 Å². The molecule has 1 aromatic rings. The normalized spacial score (nSPS) is 26.4. The number of aryl methyl sites for hydroxylation is 2. The molecule has 2 rings (SSSR count). The summed E-state index contributed by atoms with van der Waals surface area (Å²) in [5, 5.41) is 32.9. The van der Waals surface area contributed by atoms with Gasteiger partial charge in [-0.1, -0.05) is 24.3 Å². The van der Waals surface area contributed by atoms with Crippen LogP contribution in [0.1, 0.15) is 49.0 Å². The molecular formula is C22H33NO4S. The number of hydrogen-bond acceptors (Lipinski definition) is 5. The molecule has 1 fully saturated rings. The number of rotatable bonds is 11. The summed E-state index contributed by atoms with van der Waals surface area (Å²) in [6, 6.07) is 2.14. The Morgan fingerprint density at radius 1 is 1.36 bits per heavy atom. The highest BCUT2D eigenvalue weighted by Gasteiger charge is 2.39. The Bertz CT molecular complexity index is 669. The Morgan fingerprint density at radius 3 is 2.82 bits per heavy atom. The lowest BCUT2D eigenvalue weighted by atomic mass is 9.89. The van der Waals surface area contributed by atoms with Crippen molar-refractivity contribution in [3.8, 4) is 0 Å². The fourth-order valence-corrected chi connectivity index (χ4v) is 4.51. The van der Waals surface area contributed by atoms with E-state index in [1.165, 1.54) is 10.4 Å². The lowest BCUT2D eigenvalue weighted by Gasteiger charge is -2.19. The summed E-state index contributed by atoms with van der Waals surface area (Å²) in [4.78, 5) is 12.0. The smallest absolute Gasteiger partial charge is 0.217 e. The molecule has 5 atom stereocenters. The highest BCUT2D eigenvalue weighted by Crippen LogP contribution is 2.36. The van der Waals surface area contributed by atoms with Gasteiger partial charge in [-0.15, -0.1) is 11.3 Å². The predicted molar refractivity (Wildman–Crippen MR) is 113 cm³/mol. The molecule has 1 aliphatic rings. The fraction of sp³-hybridized carbons (Fsp3) is 0.591. The van der Waals surface area contributed by atoms with Crippen LogP contribution in [0.2, 0.25) is 0 Å². The third kappa shape index (κ3) is 7.51. The van der Waals surface area contributed by atoms with E-state index in [0.29, 0.717) is 25.7 Å². The monoisotopic (exact) mass is 407 g/mol. The van der Waals surface area contributed by atoms with E-state index in [1.807, 2.05) is 18.2 Å². The van der Waals surface area contributed by atoms with Gasteiger partial charge in [0.25, 0.3) is 0 Å². The van der Waals surface area contributed by atoms with Gasteiger partial charge in [0, 0.05) is 23.6 Å². The van der Waals surface area contributed by atoms with Gasteiger partial charge in [-0.25, -0.2) is 0 Å². The predicted octanol–water partition coefficient (Wildman–Crippen LogP) is 2.87. The van der Waals surface area contributed by atoms with Crippen LogP contribution >= 0.6 is 11.3 Å². The van der Waals surface area contributed by atoms with Crippen molar-refractivity contribution in [3.63, 3.8) is 0 Å². The van der Waals surface area contributed by atoms with Crippen molar-refractivity contribution < 1.29 is 20.1 Å². The van der Waals surface area contributed by atoms with E-state index in [1.54, 1.807) is 17.4 Å². The molecule has 0 bridgehead atoms. The fourth-order valence-electron chi connectivity index (χ4n) is 3.77. The summed E-state index contributed by atoms with van der Waals surface area (Å²) in [6.45, 7) is 2.07. The van der Waals surface area contributed by atoms with Gasteiger partial charge in [-0.2, -0.15) is 0 Å². The number of carbonyl (C=O) groups excluding carboxylic acids is 1. The number of thiophene rings is 1. The summed E-state index contributed by atoms with van der Waals surface area (Å²) < 4.78 is 0. The number of allylic oxidation sites excluding steroid dienone is 2. The zero-order valence-electron chi connectivity index (χ0n) is 16.5. The quantitative estimate of drug-likeness (QED) is 0.334. The van der Waals surface area contributed by atoms with E-state index in [2.05, 4.69) is 18.4 Å². The van der Waals surface area contributed by atoms with Gasteiger partial charge in [-0.05, 0) is 62.0 Å². The molecular weight excluding hydrogens is 374 g/mol. The molecule has 1 saturated carbocycles. The third-order valence-corrected chi connectivity index (χ3v) is 6.26. The Kier molecular flexibility index (Phi) is 9.38. The Hall–Kier alpha value is -1.47. The van der Waals surface area contributed by atoms with Crippen LogP contribution in [0, 0.1) is 18.8 Å². The number of amides is 1. The molecule has 28 heavy (non-hydrogen) atoms. The first-order valence-corrected chi connectivity index (χ1v) is 10.9. The SMILES string of the molecule is Cc1cc(CCC(O)/C=C/C2C(O)CC(O)[C@@H]2C/C=C\CCCC(N)=O)cs1. The third-order valence-electron chi connectivity index (χ3n) is 5.35. The van der Waals surface area contributed by atoms with Gasteiger partial charge in [-0.3, -0.25) is 4.79 Å². The Balaban J connectivity index is 1.81. The van der Waals surface area contributed by atoms with E-state index in [-0.39, 0.29) is 17.7 Å². The van der Waals surface area contributed by atoms with E-state index in [9.17, 15) is 20.1 Å². The first-order chi connectivity index (χ1) is 13.4. The van der Waals surface area contributed by atoms with E-state index in [4.69, 9.17) is 5.73 Å². The molecule has 0 radical (unpaired) electrons. The second-order valence-electron chi connectivity index (χ2n) is 7.73. The van der Waals surface area contributed by atoms with E-state index < -0.39 is 18.3 Å². The van der Waals surface area contributed by atoms with Gasteiger partial charge in [0.2, 0.25) is 5.91 Å². The molecule has 1 heterocycles. The van der Waals surface area contributed by atoms with E-state index >= 15 is 0 Å². The van der Waals surface area contributed by atoms with Gasteiger partial charge in [0.1, 0.15) is 0 Å². The van der Waals surface area contributed by atoms with Gasteiger partial charge >= 0.3 is 0 Å². The van der Waals surface area contributed by atoms with Crippen LogP contribution in [0.4, 0.5) is 0 Å². The number of aliphatic hydroxyl groups excluding tert-OH is 3. The van der Waals surface area contributed by atoms with Crippen molar-refractivity contribution in [2.75, 3.05) is 0 Å². The van der Waals surface area contributed by atoms with Crippen molar-refractivity contribution >= 4 is 17.2 Å². The first-order valence-electron chi connectivity index (χ1n) is 10.1. The van der Waals surface area contributed by atoms with Crippen LogP contribution in [0.5, 0.6) is 0 Å². The minimum absolute atomic E-state index is 0.0645. The van der Waals surface area contributed by atoms with Gasteiger partial charge < -0.3 is 21.1 Å². The molecule has 4 unspecified atom stereocenters. The highest BCUT2D eigenvalue weighted by atomic mass is 32.1. The molecule has 1 amide bonds. The van der Waals surface area contributed by atoms with E-state index in [0.717, 1.165) is 19.3 Å². The molecule has 5 N–H and O–H groups in total. The molecule has 0 spiro atoms. The summed E-state index contributed by atoms with van der Waals surface area (Å²) in [7, 11) is 0. The van der Waals surface area contributed by atoms with Crippen molar-refractivity contribution in [1.29, 1.82) is 0 Å².